The summed E-state index contributed by atoms with van der Waals surface area (Å²) in [6.07, 6.45) is 0.890. The van der Waals surface area contributed by atoms with Crippen LogP contribution < -0.4 is 5.32 Å². The van der Waals surface area contributed by atoms with E-state index in [1.165, 1.54) is 14.8 Å². The largest absolute Gasteiger partial charge is 0.313 e. The molecule has 108 valence electrons. The fourth-order valence-electron chi connectivity index (χ4n) is 2.24. The number of hydrogen-bond donors (Lipinski definition) is 1. The molecule has 0 aliphatic carbocycles. The van der Waals surface area contributed by atoms with Crippen molar-refractivity contribution in [3.8, 4) is 0 Å². The van der Waals surface area contributed by atoms with Crippen LogP contribution in [0.15, 0.2) is 27.1 Å². The highest BCUT2D eigenvalue weighted by Crippen LogP contribution is 2.29. The molecule has 1 aromatic heterocycles. The molecule has 0 fully saturated rings. The zero-order valence-electron chi connectivity index (χ0n) is 11.5. The average molecular weight is 513 g/mol. The van der Waals surface area contributed by atoms with Gasteiger partial charge in [0.15, 0.2) is 0 Å². The number of nitrogens with zero attached hydrogens (tertiary/aromatic N) is 2. The van der Waals surface area contributed by atoms with Crippen LogP contribution in [0.4, 0.5) is 0 Å². The molecule has 1 atom stereocenters. The molecule has 1 heterocycles. The van der Waals surface area contributed by atoms with Crippen molar-refractivity contribution in [3.05, 3.63) is 47.7 Å². The summed E-state index contributed by atoms with van der Waals surface area (Å²) in [5.41, 5.74) is 3.53. The number of aromatic nitrogens is 2. The van der Waals surface area contributed by atoms with E-state index in [2.05, 4.69) is 83.1 Å². The first-order valence-electron chi connectivity index (χ1n) is 6.24. The molecule has 6 heteroatoms. The lowest BCUT2D eigenvalue weighted by Crippen LogP contribution is -2.21. The van der Waals surface area contributed by atoms with Crippen LogP contribution >= 0.6 is 54.5 Å². The number of nitrogens with one attached hydrogen (secondary N) is 1. The molecule has 1 unspecified atom stereocenters. The summed E-state index contributed by atoms with van der Waals surface area (Å²) >= 11 is 9.58. The van der Waals surface area contributed by atoms with Crippen LogP contribution in [0.1, 0.15) is 23.0 Å². The van der Waals surface area contributed by atoms with Gasteiger partial charge < -0.3 is 5.32 Å². The molecule has 2 rings (SSSR count). The Balaban J connectivity index is 2.36. The highest BCUT2D eigenvalue weighted by atomic mass is 127. The molecule has 0 aliphatic heterocycles. The summed E-state index contributed by atoms with van der Waals surface area (Å²) in [5, 5.41) is 7.87. The van der Waals surface area contributed by atoms with Gasteiger partial charge in [0.05, 0.1) is 15.9 Å². The fourth-order valence-corrected chi connectivity index (χ4v) is 3.83. The van der Waals surface area contributed by atoms with E-state index in [1.54, 1.807) is 0 Å². The lowest BCUT2D eigenvalue weighted by Gasteiger charge is -2.19. The highest BCUT2D eigenvalue weighted by molar-refractivity contribution is 14.1. The van der Waals surface area contributed by atoms with Crippen molar-refractivity contribution in [1.29, 1.82) is 0 Å². The molecular formula is C14H16Br2IN3. The van der Waals surface area contributed by atoms with Gasteiger partial charge in [0.1, 0.15) is 0 Å². The van der Waals surface area contributed by atoms with Crippen LogP contribution in [-0.2, 0) is 13.5 Å². The van der Waals surface area contributed by atoms with Crippen molar-refractivity contribution in [3.63, 3.8) is 0 Å². The highest BCUT2D eigenvalue weighted by Gasteiger charge is 2.19. The number of likely N-dealkylation sites (N-methyl/N-ethyl adjacent to an activating group) is 1. The first kappa shape index (κ1) is 16.5. The zero-order valence-corrected chi connectivity index (χ0v) is 16.9. The Bertz CT molecular complexity index is 625. The van der Waals surface area contributed by atoms with Gasteiger partial charge in [0.25, 0.3) is 0 Å². The van der Waals surface area contributed by atoms with E-state index in [1.807, 2.05) is 25.7 Å². The minimum Gasteiger partial charge on any atom is -0.313 e. The van der Waals surface area contributed by atoms with Gasteiger partial charge >= 0.3 is 0 Å². The maximum Gasteiger partial charge on any atom is 0.0738 e. The van der Waals surface area contributed by atoms with E-state index >= 15 is 0 Å². The van der Waals surface area contributed by atoms with Gasteiger partial charge in [0.2, 0.25) is 0 Å². The molecule has 0 saturated carbocycles. The Morgan fingerprint density at radius 2 is 2.10 bits per heavy atom. The molecule has 0 radical (unpaired) electrons. The van der Waals surface area contributed by atoms with Crippen LogP contribution in [0, 0.1) is 10.5 Å². The van der Waals surface area contributed by atoms with Gasteiger partial charge in [-0.2, -0.15) is 5.10 Å². The maximum absolute atomic E-state index is 4.46. The van der Waals surface area contributed by atoms with Crippen LogP contribution in [0.5, 0.6) is 0 Å². The molecule has 20 heavy (non-hydrogen) atoms. The van der Waals surface area contributed by atoms with E-state index in [-0.39, 0.29) is 6.04 Å². The van der Waals surface area contributed by atoms with Gasteiger partial charge in [-0.3, -0.25) is 4.68 Å². The van der Waals surface area contributed by atoms with E-state index in [0.29, 0.717) is 0 Å². The van der Waals surface area contributed by atoms with E-state index < -0.39 is 0 Å². The maximum atomic E-state index is 4.46. The SMILES string of the molecule is CNC(Cc1c(Br)c(C)nn1C)c1cc(Br)ccc1I. The van der Waals surface area contributed by atoms with Gasteiger partial charge in [-0.25, -0.2) is 0 Å². The zero-order chi connectivity index (χ0) is 14.9. The second-order valence-electron chi connectivity index (χ2n) is 4.68. The molecule has 2 aromatic rings. The summed E-state index contributed by atoms with van der Waals surface area (Å²) < 4.78 is 5.42. The van der Waals surface area contributed by atoms with Gasteiger partial charge in [0, 0.05) is 27.6 Å². The normalized spacial score (nSPS) is 12.7. The van der Waals surface area contributed by atoms with Crippen molar-refractivity contribution in [2.45, 2.75) is 19.4 Å². The lowest BCUT2D eigenvalue weighted by atomic mass is 10.0. The van der Waals surface area contributed by atoms with E-state index in [4.69, 9.17) is 0 Å². The quantitative estimate of drug-likeness (QED) is 0.617. The monoisotopic (exact) mass is 511 g/mol. The Morgan fingerprint density at radius 1 is 1.40 bits per heavy atom. The van der Waals surface area contributed by atoms with Crippen LogP contribution in [-0.4, -0.2) is 16.8 Å². The third-order valence-corrected chi connectivity index (χ3v) is 5.85. The predicted octanol–water partition coefficient (Wildman–Crippen LogP) is 4.36. The Kier molecular flexibility index (Phi) is 5.67. The van der Waals surface area contributed by atoms with Gasteiger partial charge in [-0.1, -0.05) is 15.9 Å². The summed E-state index contributed by atoms with van der Waals surface area (Å²) in [7, 11) is 3.99. The Morgan fingerprint density at radius 3 is 2.65 bits per heavy atom. The molecular weight excluding hydrogens is 497 g/mol. The fraction of sp³-hybridized carbons (Fsp3) is 0.357. The number of benzene rings is 1. The first-order chi connectivity index (χ1) is 9.43. The minimum absolute atomic E-state index is 0.255. The van der Waals surface area contributed by atoms with Gasteiger partial charge in [-0.05, 0) is 76.3 Å². The lowest BCUT2D eigenvalue weighted by molar-refractivity contribution is 0.558. The molecule has 0 spiro atoms. The second-order valence-corrected chi connectivity index (χ2v) is 7.55. The van der Waals surface area contributed by atoms with Crippen molar-refractivity contribution in [2.24, 2.45) is 7.05 Å². The third kappa shape index (κ3) is 3.45. The summed E-state index contributed by atoms with van der Waals surface area (Å²) in [4.78, 5) is 0. The van der Waals surface area contributed by atoms with Crippen molar-refractivity contribution < 1.29 is 0 Å². The summed E-state index contributed by atoms with van der Waals surface area (Å²) in [6.45, 7) is 2.02. The number of hydrogen-bond acceptors (Lipinski definition) is 2. The van der Waals surface area contributed by atoms with Crippen LogP contribution in [0.25, 0.3) is 0 Å². The van der Waals surface area contributed by atoms with E-state index in [9.17, 15) is 0 Å². The van der Waals surface area contributed by atoms with Gasteiger partial charge in [-0.15, -0.1) is 0 Å². The van der Waals surface area contributed by atoms with Crippen molar-refractivity contribution in [2.75, 3.05) is 7.05 Å². The standard InChI is InChI=1S/C14H16Br2IN3/c1-8-14(16)13(20(3)19-8)7-12(18-2)10-6-9(15)4-5-11(10)17/h4-6,12,18H,7H2,1-3H3. The Hall–Kier alpha value is 0.0800. The third-order valence-electron chi connectivity index (χ3n) is 3.34. The minimum atomic E-state index is 0.255. The van der Waals surface area contributed by atoms with E-state index in [0.717, 1.165) is 21.1 Å². The molecule has 0 bridgehead atoms. The molecule has 0 amide bonds. The van der Waals surface area contributed by atoms with Crippen molar-refractivity contribution >= 4 is 54.5 Å². The van der Waals surface area contributed by atoms with Crippen molar-refractivity contribution in [1.82, 2.24) is 15.1 Å². The number of halogens is 3. The number of aryl methyl sites for hydroxylation is 2. The second kappa shape index (κ2) is 6.89. The molecule has 1 aromatic carbocycles. The Labute approximate surface area is 149 Å². The van der Waals surface area contributed by atoms with Crippen LogP contribution in [0.3, 0.4) is 0 Å². The number of rotatable bonds is 4. The first-order valence-corrected chi connectivity index (χ1v) is 8.90. The summed E-state index contributed by atoms with van der Waals surface area (Å²) in [5.74, 6) is 0. The molecule has 3 nitrogen and oxygen atoms in total. The molecule has 0 saturated heterocycles. The predicted molar refractivity (Wildman–Crippen MR) is 98.0 cm³/mol. The molecule has 1 N–H and O–H groups in total. The van der Waals surface area contributed by atoms with Crippen LogP contribution in [0.2, 0.25) is 0 Å². The summed E-state index contributed by atoms with van der Waals surface area (Å²) in [6, 6.07) is 6.64. The topological polar surface area (TPSA) is 29.9 Å². The average Bonchev–Trinajstić information content (AvgIpc) is 2.65. The smallest absolute Gasteiger partial charge is 0.0738 e. The molecule has 0 aliphatic rings.